The van der Waals surface area contributed by atoms with Crippen LogP contribution in [0, 0.1) is 5.92 Å². The van der Waals surface area contributed by atoms with Gasteiger partial charge >= 0.3 is 0 Å². The second-order valence-electron chi connectivity index (χ2n) is 4.76. The standard InChI is InChI=1S/C9H19OPS/c1-7-8(2,3)11(10,12-6)9(7,4)5/h7H,1-6H3. The van der Waals surface area contributed by atoms with E-state index in [1.807, 2.05) is 6.26 Å². The van der Waals surface area contributed by atoms with Gasteiger partial charge in [0.1, 0.15) is 6.34 Å². The number of rotatable bonds is 1. The van der Waals surface area contributed by atoms with Crippen LogP contribution in [0.5, 0.6) is 0 Å². The van der Waals surface area contributed by atoms with Crippen LogP contribution < -0.4 is 0 Å². The molecule has 0 aromatic rings. The normalized spacial score (nSPS) is 43.7. The Morgan fingerprint density at radius 2 is 1.50 bits per heavy atom. The van der Waals surface area contributed by atoms with E-state index in [-0.39, 0.29) is 10.3 Å². The van der Waals surface area contributed by atoms with Gasteiger partial charge in [0, 0.05) is 10.3 Å². The second kappa shape index (κ2) is 2.54. The second-order valence-corrected chi connectivity index (χ2v) is 11.2. The van der Waals surface area contributed by atoms with Gasteiger partial charge in [-0.1, -0.05) is 46.0 Å². The quantitative estimate of drug-likeness (QED) is 0.606. The lowest BCUT2D eigenvalue weighted by molar-refractivity contribution is 0.280. The molecule has 1 heterocycles. The summed E-state index contributed by atoms with van der Waals surface area (Å²) < 4.78 is 12.5. The molecule has 1 aliphatic rings. The molecule has 0 aliphatic carbocycles. The summed E-state index contributed by atoms with van der Waals surface area (Å²) in [5, 5.41) is 0.0752. The van der Waals surface area contributed by atoms with Crippen LogP contribution in [0.3, 0.4) is 0 Å². The third-order valence-corrected chi connectivity index (χ3v) is 12.6. The van der Waals surface area contributed by atoms with E-state index < -0.39 is 6.34 Å². The zero-order chi connectivity index (χ0) is 9.78. The molecule has 0 spiro atoms. The molecule has 72 valence electrons. The molecule has 0 atom stereocenters. The van der Waals surface area contributed by atoms with Crippen molar-refractivity contribution >= 4 is 17.7 Å². The van der Waals surface area contributed by atoms with E-state index in [0.29, 0.717) is 5.92 Å². The van der Waals surface area contributed by atoms with Crippen LogP contribution >= 0.6 is 17.7 Å². The maximum absolute atomic E-state index is 12.5. The van der Waals surface area contributed by atoms with Crippen LogP contribution in [0.25, 0.3) is 0 Å². The predicted octanol–water partition coefficient (Wildman–Crippen LogP) is 3.83. The Bertz CT molecular complexity index is 225. The molecular formula is C9H19OPS. The third-order valence-electron chi connectivity index (χ3n) is 3.89. The molecule has 0 N–H and O–H groups in total. The first-order valence-corrected chi connectivity index (χ1v) is 7.91. The lowest BCUT2D eigenvalue weighted by Crippen LogP contribution is -2.56. The molecule has 1 saturated heterocycles. The monoisotopic (exact) mass is 206 g/mol. The first-order valence-electron chi connectivity index (χ1n) is 4.38. The van der Waals surface area contributed by atoms with Gasteiger partial charge in [0.05, 0.1) is 0 Å². The van der Waals surface area contributed by atoms with Gasteiger partial charge in [-0.3, -0.25) is 0 Å². The molecule has 0 aromatic heterocycles. The van der Waals surface area contributed by atoms with E-state index in [1.54, 1.807) is 11.4 Å². The topological polar surface area (TPSA) is 17.1 Å². The van der Waals surface area contributed by atoms with Gasteiger partial charge in [-0.15, -0.1) is 0 Å². The molecular weight excluding hydrogens is 187 g/mol. The van der Waals surface area contributed by atoms with E-state index >= 15 is 0 Å². The highest BCUT2D eigenvalue weighted by Gasteiger charge is 2.67. The van der Waals surface area contributed by atoms with Gasteiger partial charge in [0.25, 0.3) is 0 Å². The van der Waals surface area contributed by atoms with E-state index in [1.165, 1.54) is 0 Å². The molecule has 1 aliphatic heterocycles. The molecule has 0 radical (unpaired) electrons. The zero-order valence-electron chi connectivity index (χ0n) is 8.84. The largest absolute Gasteiger partial charge is 0.311 e. The SMILES string of the molecule is CSP1(=O)C(C)(C)C(C)C1(C)C. The van der Waals surface area contributed by atoms with Gasteiger partial charge in [0.2, 0.25) is 0 Å². The molecule has 1 nitrogen and oxygen atoms in total. The predicted molar refractivity (Wildman–Crippen MR) is 58.4 cm³/mol. The number of hydrogen-bond donors (Lipinski definition) is 0. The van der Waals surface area contributed by atoms with Crippen LogP contribution in [-0.2, 0) is 4.57 Å². The van der Waals surface area contributed by atoms with Crippen molar-refractivity contribution in [3.8, 4) is 0 Å². The molecule has 1 rings (SSSR count). The Labute approximate surface area is 79.8 Å². The fourth-order valence-corrected chi connectivity index (χ4v) is 10.2. The highest BCUT2D eigenvalue weighted by atomic mass is 32.7. The van der Waals surface area contributed by atoms with Crippen LogP contribution in [0.4, 0.5) is 0 Å². The Morgan fingerprint density at radius 1 is 1.17 bits per heavy atom. The minimum absolute atomic E-state index is 0.0376. The first-order chi connectivity index (χ1) is 5.22. The lowest BCUT2D eigenvalue weighted by Gasteiger charge is -2.61. The maximum atomic E-state index is 12.5. The molecule has 1 fully saturated rings. The summed E-state index contributed by atoms with van der Waals surface area (Å²) in [7, 11) is 0. The van der Waals surface area contributed by atoms with Crippen LogP contribution in [0.1, 0.15) is 34.6 Å². The van der Waals surface area contributed by atoms with Crippen molar-refractivity contribution in [1.82, 2.24) is 0 Å². The summed E-state index contributed by atoms with van der Waals surface area (Å²) in [5.74, 6) is 0.559. The van der Waals surface area contributed by atoms with Crippen molar-refractivity contribution in [2.75, 3.05) is 6.26 Å². The fourth-order valence-electron chi connectivity index (χ4n) is 2.52. The fraction of sp³-hybridized carbons (Fsp3) is 1.00. The van der Waals surface area contributed by atoms with Crippen molar-refractivity contribution in [2.45, 2.75) is 44.9 Å². The van der Waals surface area contributed by atoms with Gasteiger partial charge < -0.3 is 4.57 Å². The molecule has 0 saturated carbocycles. The van der Waals surface area contributed by atoms with Gasteiger partial charge in [0.15, 0.2) is 0 Å². The Morgan fingerprint density at radius 3 is 1.67 bits per heavy atom. The van der Waals surface area contributed by atoms with Gasteiger partial charge in [-0.05, 0) is 12.2 Å². The average Bonchev–Trinajstić information content (AvgIpc) is 2.00. The van der Waals surface area contributed by atoms with Crippen molar-refractivity contribution in [2.24, 2.45) is 5.92 Å². The number of hydrogen-bond acceptors (Lipinski definition) is 2. The zero-order valence-corrected chi connectivity index (χ0v) is 10.6. The molecule has 0 bridgehead atoms. The lowest BCUT2D eigenvalue weighted by atomic mass is 9.83. The first kappa shape index (κ1) is 10.7. The Hall–Kier alpha value is 0.580. The molecule has 3 heteroatoms. The van der Waals surface area contributed by atoms with Gasteiger partial charge in [-0.25, -0.2) is 0 Å². The molecule has 0 unspecified atom stereocenters. The van der Waals surface area contributed by atoms with Crippen molar-refractivity contribution in [3.05, 3.63) is 0 Å². The average molecular weight is 206 g/mol. The van der Waals surface area contributed by atoms with E-state index in [4.69, 9.17) is 0 Å². The van der Waals surface area contributed by atoms with Crippen molar-refractivity contribution < 1.29 is 4.57 Å². The molecule has 0 aromatic carbocycles. The van der Waals surface area contributed by atoms with Crippen molar-refractivity contribution in [1.29, 1.82) is 0 Å². The summed E-state index contributed by atoms with van der Waals surface area (Å²) >= 11 is 1.59. The highest BCUT2D eigenvalue weighted by Crippen LogP contribution is 2.87. The summed E-state index contributed by atoms with van der Waals surface area (Å²) in [5.41, 5.74) is 0. The summed E-state index contributed by atoms with van der Waals surface area (Å²) in [4.78, 5) is 0. The smallest absolute Gasteiger partial charge is 0.150 e. The Balaban J connectivity index is 3.11. The van der Waals surface area contributed by atoms with E-state index in [9.17, 15) is 4.57 Å². The summed E-state index contributed by atoms with van der Waals surface area (Å²) in [6.45, 7) is 10.8. The van der Waals surface area contributed by atoms with E-state index in [2.05, 4.69) is 34.6 Å². The minimum Gasteiger partial charge on any atom is -0.311 e. The molecule has 12 heavy (non-hydrogen) atoms. The van der Waals surface area contributed by atoms with Gasteiger partial charge in [-0.2, -0.15) is 0 Å². The maximum Gasteiger partial charge on any atom is 0.150 e. The van der Waals surface area contributed by atoms with Crippen LogP contribution in [0.2, 0.25) is 0 Å². The van der Waals surface area contributed by atoms with Crippen LogP contribution in [-0.4, -0.2) is 16.6 Å². The van der Waals surface area contributed by atoms with Crippen molar-refractivity contribution in [3.63, 3.8) is 0 Å². The Kier molecular flexibility index (Phi) is 2.26. The third kappa shape index (κ3) is 0.861. The summed E-state index contributed by atoms with van der Waals surface area (Å²) in [6, 6.07) is 0. The van der Waals surface area contributed by atoms with E-state index in [0.717, 1.165) is 0 Å². The summed E-state index contributed by atoms with van der Waals surface area (Å²) in [6.07, 6.45) is -0.0368. The molecule has 0 amide bonds. The highest BCUT2D eigenvalue weighted by molar-refractivity contribution is 8.59. The van der Waals surface area contributed by atoms with Crippen LogP contribution in [0.15, 0.2) is 0 Å². The minimum atomic E-state index is -2.02.